The summed E-state index contributed by atoms with van der Waals surface area (Å²) in [6, 6.07) is 14.9. The lowest BCUT2D eigenvalue weighted by Gasteiger charge is -2.09. The van der Waals surface area contributed by atoms with Crippen LogP contribution in [-0.4, -0.2) is 15.9 Å². The summed E-state index contributed by atoms with van der Waals surface area (Å²) in [5, 5.41) is 22.3. The quantitative estimate of drug-likeness (QED) is 0.744. The number of pyridine rings is 2. The summed E-state index contributed by atoms with van der Waals surface area (Å²) in [7, 11) is 0. The first kappa shape index (κ1) is 16.5. The molecule has 0 saturated heterocycles. The van der Waals surface area contributed by atoms with Gasteiger partial charge in [0.2, 0.25) is 5.91 Å². The number of nitrogen functional groups attached to an aromatic ring is 1. The number of carbonyl (C=O) groups is 1. The molecule has 3 aromatic rings. The predicted octanol–water partition coefficient (Wildman–Crippen LogP) is 2.85. The molecule has 7 heteroatoms. The maximum atomic E-state index is 12.1. The smallest absolute Gasteiger partial charge is 0.230 e. The minimum Gasteiger partial charge on any atom is -0.383 e. The summed E-state index contributed by atoms with van der Waals surface area (Å²) in [6.45, 7) is 0. The molecule has 7 nitrogen and oxygen atoms in total. The first-order valence-corrected chi connectivity index (χ1v) is 8.37. The van der Waals surface area contributed by atoms with Gasteiger partial charge < -0.3 is 11.1 Å². The fourth-order valence-electron chi connectivity index (χ4n) is 3.03. The summed E-state index contributed by atoms with van der Waals surface area (Å²) in [4.78, 5) is 20.8. The van der Waals surface area contributed by atoms with E-state index >= 15 is 0 Å². The summed E-state index contributed by atoms with van der Waals surface area (Å²) in [5.41, 5.74) is 7.84. The number of amides is 1. The molecule has 1 aromatic carbocycles. The van der Waals surface area contributed by atoms with Crippen LogP contribution in [0.3, 0.4) is 0 Å². The molecule has 1 saturated carbocycles. The maximum absolute atomic E-state index is 12.1. The molecule has 1 aliphatic rings. The minimum atomic E-state index is -0.270. The van der Waals surface area contributed by atoms with Crippen molar-refractivity contribution in [3.8, 4) is 23.4 Å². The van der Waals surface area contributed by atoms with Gasteiger partial charge in [-0.3, -0.25) is 4.79 Å². The van der Waals surface area contributed by atoms with Crippen LogP contribution >= 0.6 is 0 Å². The van der Waals surface area contributed by atoms with E-state index in [0.717, 1.165) is 5.39 Å². The zero-order chi connectivity index (χ0) is 19.0. The molecule has 0 aliphatic heterocycles. The van der Waals surface area contributed by atoms with Crippen LogP contribution in [-0.2, 0) is 4.79 Å². The molecule has 2 aromatic heterocycles. The monoisotopic (exact) mass is 354 g/mol. The Morgan fingerprint density at radius 3 is 2.81 bits per heavy atom. The molecule has 1 amide bonds. The Morgan fingerprint density at radius 1 is 1.26 bits per heavy atom. The van der Waals surface area contributed by atoms with Gasteiger partial charge in [0.05, 0.1) is 35.2 Å². The Balaban J connectivity index is 1.72. The number of hydrogen-bond acceptors (Lipinski definition) is 6. The second-order valence-electron chi connectivity index (χ2n) is 6.41. The summed E-state index contributed by atoms with van der Waals surface area (Å²) in [5.74, 6) is 0.00602. The van der Waals surface area contributed by atoms with Crippen LogP contribution in [0.4, 0.5) is 11.6 Å². The highest BCUT2D eigenvalue weighted by Gasteiger charge is 2.43. The molecular weight excluding hydrogens is 340 g/mol. The number of aromatic nitrogens is 2. The highest BCUT2D eigenvalue weighted by atomic mass is 16.2. The molecule has 1 fully saturated rings. The number of nitrogens with two attached hydrogens (primary N) is 1. The van der Waals surface area contributed by atoms with Crippen LogP contribution in [0.1, 0.15) is 12.0 Å². The first-order chi connectivity index (χ1) is 13.1. The third-order valence-corrected chi connectivity index (χ3v) is 4.61. The molecule has 2 unspecified atom stereocenters. The van der Waals surface area contributed by atoms with Gasteiger partial charge in [-0.2, -0.15) is 10.5 Å². The number of nitrogens with one attached hydrogen (secondary N) is 1. The molecule has 0 bridgehead atoms. The Kier molecular flexibility index (Phi) is 3.91. The molecule has 3 N–H and O–H groups in total. The minimum absolute atomic E-state index is 0.203. The summed E-state index contributed by atoms with van der Waals surface area (Å²) in [6.07, 6.45) is 2.14. The van der Waals surface area contributed by atoms with Gasteiger partial charge in [-0.15, -0.1) is 0 Å². The number of nitrogens with zero attached hydrogens (tertiary/aromatic N) is 4. The number of anilines is 2. The lowest BCUT2D eigenvalue weighted by molar-refractivity contribution is -0.117. The first-order valence-electron chi connectivity index (χ1n) is 8.37. The average Bonchev–Trinajstić information content (AvgIpc) is 3.47. The van der Waals surface area contributed by atoms with Gasteiger partial charge in [0, 0.05) is 17.1 Å². The van der Waals surface area contributed by atoms with Gasteiger partial charge in [-0.25, -0.2) is 9.97 Å². The number of hydrogen-bond donors (Lipinski definition) is 2. The Morgan fingerprint density at radius 2 is 2.07 bits per heavy atom. The molecule has 2 atom stereocenters. The molecule has 1 aliphatic carbocycles. The molecule has 4 rings (SSSR count). The van der Waals surface area contributed by atoms with E-state index in [1.54, 1.807) is 24.4 Å². The normalized spacial score (nSPS) is 17.7. The van der Waals surface area contributed by atoms with Gasteiger partial charge in [0.25, 0.3) is 0 Å². The van der Waals surface area contributed by atoms with Gasteiger partial charge in [-0.05, 0) is 30.0 Å². The SMILES string of the molecule is N#Cc1ccccc1-c1cc2cc(NC(=O)C3CC3C#N)ncc2c(N)n1. The van der Waals surface area contributed by atoms with Crippen molar-refractivity contribution < 1.29 is 4.79 Å². The Labute approximate surface area is 155 Å². The maximum Gasteiger partial charge on any atom is 0.230 e. The molecule has 27 heavy (non-hydrogen) atoms. The van der Waals surface area contributed by atoms with Crippen molar-refractivity contribution >= 4 is 28.3 Å². The predicted molar refractivity (Wildman–Crippen MR) is 99.9 cm³/mol. The Bertz CT molecular complexity index is 1160. The van der Waals surface area contributed by atoms with Crippen molar-refractivity contribution in [2.24, 2.45) is 11.8 Å². The van der Waals surface area contributed by atoms with E-state index in [1.165, 1.54) is 0 Å². The van der Waals surface area contributed by atoms with Crippen molar-refractivity contribution in [3.05, 3.63) is 48.2 Å². The third kappa shape index (κ3) is 3.03. The van der Waals surface area contributed by atoms with E-state index < -0.39 is 0 Å². The molecular formula is C20H14N6O. The van der Waals surface area contributed by atoms with E-state index in [2.05, 4.69) is 27.4 Å². The van der Waals surface area contributed by atoms with Gasteiger partial charge in [0.15, 0.2) is 0 Å². The van der Waals surface area contributed by atoms with Crippen LogP contribution in [0.25, 0.3) is 22.0 Å². The molecule has 2 heterocycles. The number of nitriles is 2. The standard InChI is InChI=1S/C20H14N6O/c21-8-11-3-1-2-4-14(11)17-6-12-7-18(24-10-16(12)19(23)25-17)26-20(27)15-5-13(15)9-22/h1-4,6-7,10,13,15H,5H2,(H2,23,25)(H,24,26,27). The average molecular weight is 354 g/mol. The van der Waals surface area contributed by atoms with Crippen LogP contribution in [0, 0.1) is 34.5 Å². The second-order valence-corrected chi connectivity index (χ2v) is 6.41. The number of fused-ring (bicyclic) bond motifs is 1. The Hall–Kier alpha value is -3.97. The zero-order valence-corrected chi connectivity index (χ0v) is 14.2. The summed E-state index contributed by atoms with van der Waals surface area (Å²) >= 11 is 0. The van der Waals surface area contributed by atoms with Crippen LogP contribution in [0.15, 0.2) is 42.6 Å². The van der Waals surface area contributed by atoms with Crippen molar-refractivity contribution in [2.45, 2.75) is 6.42 Å². The fourth-order valence-corrected chi connectivity index (χ4v) is 3.03. The van der Waals surface area contributed by atoms with Crippen molar-refractivity contribution in [2.75, 3.05) is 11.1 Å². The topological polar surface area (TPSA) is 128 Å². The van der Waals surface area contributed by atoms with Crippen molar-refractivity contribution in [1.82, 2.24) is 9.97 Å². The molecule has 130 valence electrons. The second kappa shape index (κ2) is 6.40. The zero-order valence-electron chi connectivity index (χ0n) is 14.2. The highest BCUT2D eigenvalue weighted by Crippen LogP contribution is 2.38. The van der Waals surface area contributed by atoms with Crippen molar-refractivity contribution in [3.63, 3.8) is 0 Å². The fraction of sp³-hybridized carbons (Fsp3) is 0.150. The number of carbonyl (C=O) groups excluding carboxylic acids is 1. The van der Waals surface area contributed by atoms with Gasteiger partial charge >= 0.3 is 0 Å². The molecule has 0 radical (unpaired) electrons. The number of rotatable bonds is 3. The van der Waals surface area contributed by atoms with E-state index in [1.807, 2.05) is 18.2 Å². The van der Waals surface area contributed by atoms with E-state index in [-0.39, 0.29) is 17.7 Å². The van der Waals surface area contributed by atoms with Crippen molar-refractivity contribution in [1.29, 1.82) is 10.5 Å². The van der Waals surface area contributed by atoms with Gasteiger partial charge in [0.1, 0.15) is 11.6 Å². The van der Waals surface area contributed by atoms with E-state index in [9.17, 15) is 10.1 Å². The van der Waals surface area contributed by atoms with Crippen LogP contribution < -0.4 is 11.1 Å². The lowest BCUT2D eigenvalue weighted by atomic mass is 10.0. The largest absolute Gasteiger partial charge is 0.383 e. The van der Waals surface area contributed by atoms with Crippen LogP contribution in [0.5, 0.6) is 0 Å². The lowest BCUT2D eigenvalue weighted by Crippen LogP contribution is -2.15. The van der Waals surface area contributed by atoms with Crippen LogP contribution in [0.2, 0.25) is 0 Å². The summed E-state index contributed by atoms with van der Waals surface area (Å²) < 4.78 is 0. The number of benzene rings is 1. The highest BCUT2D eigenvalue weighted by molar-refractivity contribution is 5.98. The van der Waals surface area contributed by atoms with E-state index in [4.69, 9.17) is 11.0 Å². The third-order valence-electron chi connectivity index (χ3n) is 4.61. The van der Waals surface area contributed by atoms with E-state index in [0.29, 0.717) is 40.3 Å². The molecule has 0 spiro atoms. The van der Waals surface area contributed by atoms with Gasteiger partial charge in [-0.1, -0.05) is 18.2 Å².